The molecule has 3 aromatic carbocycles. The molecule has 2 amide bonds. The zero-order valence-electron chi connectivity index (χ0n) is 15.6. The molecule has 0 radical (unpaired) electrons. The van der Waals surface area contributed by atoms with Crippen molar-refractivity contribution in [2.24, 2.45) is 5.73 Å². The molecule has 0 bridgehead atoms. The third-order valence-electron chi connectivity index (χ3n) is 4.60. The summed E-state index contributed by atoms with van der Waals surface area (Å²) in [5.74, 6) is -0.735. The monoisotopic (exact) mass is 377 g/mol. The minimum Gasteiger partial charge on any atom is -0.394 e. The second-order valence-corrected chi connectivity index (χ2v) is 6.63. The number of benzene rings is 3. The first kappa shape index (κ1) is 19.5. The molecule has 0 aromatic heterocycles. The average molecular weight is 377 g/mol. The van der Waals surface area contributed by atoms with Crippen LogP contribution < -0.4 is 16.4 Å². The topological polar surface area (TPSA) is 104 Å². The Morgan fingerprint density at radius 3 is 2.61 bits per heavy atom. The van der Waals surface area contributed by atoms with Crippen LogP contribution in [0, 0.1) is 6.92 Å². The van der Waals surface area contributed by atoms with Gasteiger partial charge in [-0.1, -0.05) is 48.5 Å². The molecule has 3 aromatic rings. The number of nitrogens with one attached hydrogen (secondary N) is 2. The summed E-state index contributed by atoms with van der Waals surface area (Å²) in [5.41, 5.74) is 8.25. The Hall–Kier alpha value is -3.22. The summed E-state index contributed by atoms with van der Waals surface area (Å²) < 4.78 is 0. The van der Waals surface area contributed by atoms with Gasteiger partial charge >= 0.3 is 0 Å². The summed E-state index contributed by atoms with van der Waals surface area (Å²) in [6.07, 6.45) is 0. The Morgan fingerprint density at radius 1 is 1.07 bits per heavy atom. The molecule has 6 heteroatoms. The highest BCUT2D eigenvalue weighted by atomic mass is 16.3. The van der Waals surface area contributed by atoms with Crippen LogP contribution in [0.3, 0.4) is 0 Å². The van der Waals surface area contributed by atoms with E-state index in [9.17, 15) is 9.59 Å². The summed E-state index contributed by atoms with van der Waals surface area (Å²) in [6.45, 7) is 1.78. The number of fused-ring (bicyclic) bond motifs is 1. The molecule has 6 nitrogen and oxygen atoms in total. The lowest BCUT2D eigenvalue weighted by Crippen LogP contribution is -2.38. The summed E-state index contributed by atoms with van der Waals surface area (Å²) in [4.78, 5) is 24.6. The molecule has 1 atom stereocenters. The molecular weight excluding hydrogens is 354 g/mol. The van der Waals surface area contributed by atoms with E-state index in [-0.39, 0.29) is 5.91 Å². The molecule has 0 spiro atoms. The van der Waals surface area contributed by atoms with Gasteiger partial charge in [0.05, 0.1) is 6.61 Å². The van der Waals surface area contributed by atoms with E-state index in [2.05, 4.69) is 10.6 Å². The van der Waals surface area contributed by atoms with Gasteiger partial charge in [-0.05, 0) is 41.0 Å². The highest BCUT2D eigenvalue weighted by Crippen LogP contribution is 2.19. The van der Waals surface area contributed by atoms with Gasteiger partial charge < -0.3 is 21.5 Å². The molecule has 1 unspecified atom stereocenters. The van der Waals surface area contributed by atoms with Gasteiger partial charge in [0.25, 0.3) is 5.91 Å². The van der Waals surface area contributed by atoms with Crippen LogP contribution >= 0.6 is 0 Å². The number of anilines is 1. The highest BCUT2D eigenvalue weighted by molar-refractivity contribution is 5.99. The molecule has 28 heavy (non-hydrogen) atoms. The van der Waals surface area contributed by atoms with Gasteiger partial charge in [-0.15, -0.1) is 0 Å². The third-order valence-corrected chi connectivity index (χ3v) is 4.60. The fraction of sp³-hybridized carbons (Fsp3) is 0.182. The SMILES string of the molecule is Cc1ccc(NC(=O)C(N)CO)cc1C(=O)NCc1cccc2ccccc12. The second-order valence-electron chi connectivity index (χ2n) is 6.63. The maximum atomic E-state index is 12.7. The van der Waals surface area contributed by atoms with E-state index in [0.717, 1.165) is 21.9 Å². The van der Waals surface area contributed by atoms with Crippen LogP contribution in [0.2, 0.25) is 0 Å². The number of hydrogen-bond acceptors (Lipinski definition) is 4. The molecule has 0 aliphatic heterocycles. The number of rotatable bonds is 6. The van der Waals surface area contributed by atoms with Crippen molar-refractivity contribution in [2.45, 2.75) is 19.5 Å². The Bertz CT molecular complexity index is 1010. The molecule has 0 aliphatic rings. The van der Waals surface area contributed by atoms with E-state index in [1.165, 1.54) is 0 Å². The van der Waals surface area contributed by atoms with E-state index in [1.54, 1.807) is 18.2 Å². The first-order chi connectivity index (χ1) is 13.5. The van der Waals surface area contributed by atoms with Gasteiger partial charge in [-0.3, -0.25) is 9.59 Å². The van der Waals surface area contributed by atoms with E-state index in [4.69, 9.17) is 10.8 Å². The number of aryl methyl sites for hydroxylation is 1. The molecule has 144 valence electrons. The largest absolute Gasteiger partial charge is 0.394 e. The average Bonchev–Trinajstić information content (AvgIpc) is 2.72. The maximum Gasteiger partial charge on any atom is 0.251 e. The first-order valence-corrected chi connectivity index (χ1v) is 9.02. The van der Waals surface area contributed by atoms with Crippen LogP contribution in [0.5, 0.6) is 0 Å². The van der Waals surface area contributed by atoms with Gasteiger partial charge in [-0.2, -0.15) is 0 Å². The van der Waals surface area contributed by atoms with E-state index >= 15 is 0 Å². The third kappa shape index (κ3) is 4.36. The Labute approximate surface area is 163 Å². The second kappa shape index (κ2) is 8.65. The number of hydrogen-bond donors (Lipinski definition) is 4. The van der Waals surface area contributed by atoms with Crippen LogP contribution in [0.25, 0.3) is 10.8 Å². The van der Waals surface area contributed by atoms with Crippen LogP contribution in [0.4, 0.5) is 5.69 Å². The number of carbonyl (C=O) groups excluding carboxylic acids is 2. The van der Waals surface area contributed by atoms with Crippen molar-refractivity contribution < 1.29 is 14.7 Å². The minimum absolute atomic E-state index is 0.229. The molecule has 3 rings (SSSR count). The van der Waals surface area contributed by atoms with Crippen molar-refractivity contribution in [3.63, 3.8) is 0 Å². The number of amides is 2. The summed E-state index contributed by atoms with van der Waals surface area (Å²) in [5, 5.41) is 16.7. The highest BCUT2D eigenvalue weighted by Gasteiger charge is 2.15. The predicted octanol–water partition coefficient (Wildman–Crippen LogP) is 2.34. The van der Waals surface area contributed by atoms with E-state index in [0.29, 0.717) is 17.8 Å². The Morgan fingerprint density at radius 2 is 1.82 bits per heavy atom. The predicted molar refractivity (Wildman–Crippen MR) is 110 cm³/mol. The summed E-state index contributed by atoms with van der Waals surface area (Å²) >= 11 is 0. The van der Waals surface area contributed by atoms with Gasteiger partial charge in [-0.25, -0.2) is 0 Å². The van der Waals surface area contributed by atoms with Gasteiger partial charge in [0.2, 0.25) is 5.91 Å². The molecule has 0 saturated heterocycles. The lowest BCUT2D eigenvalue weighted by atomic mass is 10.0. The van der Waals surface area contributed by atoms with Crippen LogP contribution in [-0.2, 0) is 11.3 Å². The molecule has 0 fully saturated rings. The van der Waals surface area contributed by atoms with Crippen LogP contribution in [0.15, 0.2) is 60.7 Å². The standard InChI is InChI=1S/C22H23N3O3/c1-14-9-10-17(25-22(28)20(23)13-26)11-19(14)21(27)24-12-16-7-4-6-15-5-2-3-8-18(15)16/h2-11,20,26H,12-13,23H2,1H3,(H,24,27)(H,25,28). The van der Waals surface area contributed by atoms with Crippen molar-refractivity contribution in [2.75, 3.05) is 11.9 Å². The zero-order valence-corrected chi connectivity index (χ0v) is 15.6. The van der Waals surface area contributed by atoms with Crippen molar-refractivity contribution in [1.29, 1.82) is 0 Å². The van der Waals surface area contributed by atoms with Crippen molar-refractivity contribution in [1.82, 2.24) is 5.32 Å². The molecular formula is C22H23N3O3. The van der Waals surface area contributed by atoms with Gasteiger partial charge in [0.1, 0.15) is 6.04 Å². The number of aliphatic hydroxyl groups is 1. The van der Waals surface area contributed by atoms with E-state index in [1.807, 2.05) is 49.4 Å². The minimum atomic E-state index is -1.01. The molecule has 0 saturated carbocycles. The van der Waals surface area contributed by atoms with Crippen molar-refractivity contribution in [3.05, 3.63) is 77.4 Å². The van der Waals surface area contributed by atoms with Crippen molar-refractivity contribution >= 4 is 28.3 Å². The lowest BCUT2D eigenvalue weighted by Gasteiger charge is -2.13. The quantitative estimate of drug-likeness (QED) is 0.529. The van der Waals surface area contributed by atoms with Gasteiger partial charge in [0, 0.05) is 17.8 Å². The molecule has 0 heterocycles. The number of carbonyl (C=O) groups is 2. The van der Waals surface area contributed by atoms with Gasteiger partial charge in [0.15, 0.2) is 0 Å². The molecule has 5 N–H and O–H groups in total. The zero-order chi connectivity index (χ0) is 20.1. The van der Waals surface area contributed by atoms with Crippen LogP contribution in [0.1, 0.15) is 21.5 Å². The lowest BCUT2D eigenvalue weighted by molar-refractivity contribution is -0.118. The number of nitrogens with two attached hydrogens (primary N) is 1. The number of aliphatic hydroxyl groups excluding tert-OH is 1. The summed E-state index contributed by atoms with van der Waals surface area (Å²) in [7, 11) is 0. The maximum absolute atomic E-state index is 12.7. The molecule has 0 aliphatic carbocycles. The fourth-order valence-corrected chi connectivity index (χ4v) is 2.98. The Kier molecular flexibility index (Phi) is 6.03. The first-order valence-electron chi connectivity index (χ1n) is 9.02. The van der Waals surface area contributed by atoms with Crippen LogP contribution in [-0.4, -0.2) is 29.6 Å². The van der Waals surface area contributed by atoms with Crippen molar-refractivity contribution in [3.8, 4) is 0 Å². The smallest absolute Gasteiger partial charge is 0.251 e. The van der Waals surface area contributed by atoms with E-state index < -0.39 is 18.6 Å². The Balaban J connectivity index is 1.75. The fourth-order valence-electron chi connectivity index (χ4n) is 2.98. The summed E-state index contributed by atoms with van der Waals surface area (Å²) in [6, 6.07) is 18.1. The normalized spacial score (nSPS) is 11.8.